The van der Waals surface area contributed by atoms with E-state index < -0.39 is 0 Å². The Kier molecular flexibility index (Phi) is 5.94. The van der Waals surface area contributed by atoms with Crippen molar-refractivity contribution in [2.75, 3.05) is 20.1 Å². The van der Waals surface area contributed by atoms with Gasteiger partial charge in [0.25, 0.3) is 0 Å². The van der Waals surface area contributed by atoms with Crippen molar-refractivity contribution in [3.05, 3.63) is 42.0 Å². The number of aromatic nitrogens is 1. The first-order valence-electron chi connectivity index (χ1n) is 7.35. The second-order valence-corrected chi connectivity index (χ2v) is 5.48. The molecule has 22 heavy (non-hydrogen) atoms. The van der Waals surface area contributed by atoms with Crippen LogP contribution in [0.15, 0.2) is 34.9 Å². The summed E-state index contributed by atoms with van der Waals surface area (Å²) in [6.45, 7) is 2.91. The summed E-state index contributed by atoms with van der Waals surface area (Å²) in [4.78, 5) is 6.95. The second kappa shape index (κ2) is 7.72. The van der Waals surface area contributed by atoms with Crippen LogP contribution >= 0.6 is 12.4 Å². The Bertz CT molecular complexity index is 587. The van der Waals surface area contributed by atoms with Gasteiger partial charge >= 0.3 is 0 Å². The van der Waals surface area contributed by atoms with Crippen molar-refractivity contribution < 1.29 is 8.81 Å². The highest BCUT2D eigenvalue weighted by Crippen LogP contribution is 2.22. The third-order valence-corrected chi connectivity index (χ3v) is 3.95. The normalized spacial score (nSPS) is 18.4. The molecular formula is C16H21ClFN3O. The fourth-order valence-electron chi connectivity index (χ4n) is 2.88. The maximum atomic E-state index is 12.9. The number of likely N-dealkylation sites (N-methyl/N-ethyl adjacent to an activating group) is 1. The zero-order valence-electron chi connectivity index (χ0n) is 12.6. The Hall–Kier alpha value is -1.43. The van der Waals surface area contributed by atoms with Crippen molar-refractivity contribution in [1.29, 1.82) is 0 Å². The number of oxazole rings is 1. The zero-order valence-corrected chi connectivity index (χ0v) is 13.4. The molecule has 1 aromatic heterocycles. The van der Waals surface area contributed by atoms with Gasteiger partial charge in [-0.05, 0) is 50.7 Å². The van der Waals surface area contributed by atoms with Crippen LogP contribution in [0.4, 0.5) is 4.39 Å². The fraction of sp³-hybridized carbons (Fsp3) is 0.438. The molecule has 0 aliphatic carbocycles. The molecule has 0 radical (unpaired) electrons. The van der Waals surface area contributed by atoms with Gasteiger partial charge in [0.15, 0.2) is 0 Å². The van der Waals surface area contributed by atoms with Crippen LogP contribution in [0, 0.1) is 5.82 Å². The first kappa shape index (κ1) is 16.9. The van der Waals surface area contributed by atoms with E-state index in [1.807, 2.05) is 7.05 Å². The Morgan fingerprint density at radius 1 is 1.36 bits per heavy atom. The highest BCUT2D eigenvalue weighted by atomic mass is 35.5. The molecule has 1 saturated heterocycles. The number of benzene rings is 1. The van der Waals surface area contributed by atoms with Crippen LogP contribution < -0.4 is 5.32 Å². The molecule has 120 valence electrons. The number of hydrogen-bond acceptors (Lipinski definition) is 4. The highest BCUT2D eigenvalue weighted by molar-refractivity contribution is 5.85. The summed E-state index contributed by atoms with van der Waals surface area (Å²) >= 11 is 0. The molecule has 0 saturated carbocycles. The van der Waals surface area contributed by atoms with Crippen LogP contribution in [0.3, 0.4) is 0 Å². The van der Waals surface area contributed by atoms with Crippen molar-refractivity contribution in [2.45, 2.75) is 25.4 Å². The van der Waals surface area contributed by atoms with E-state index in [2.05, 4.69) is 15.2 Å². The lowest BCUT2D eigenvalue weighted by molar-refractivity contribution is 0.239. The van der Waals surface area contributed by atoms with E-state index in [9.17, 15) is 4.39 Å². The van der Waals surface area contributed by atoms with Crippen LogP contribution in [0.25, 0.3) is 11.5 Å². The molecule has 1 aliphatic heterocycles. The summed E-state index contributed by atoms with van der Waals surface area (Å²) in [5.74, 6) is 0.298. The minimum absolute atomic E-state index is 0. The third kappa shape index (κ3) is 3.85. The lowest BCUT2D eigenvalue weighted by Crippen LogP contribution is -2.36. The number of halogens is 2. The number of nitrogens with one attached hydrogen (secondary N) is 1. The minimum atomic E-state index is -0.252. The summed E-state index contributed by atoms with van der Waals surface area (Å²) in [6.07, 6.45) is 4.16. The molecule has 2 heterocycles. The zero-order chi connectivity index (χ0) is 14.7. The average Bonchev–Trinajstić information content (AvgIpc) is 3.11. The molecule has 0 bridgehead atoms. The van der Waals surface area contributed by atoms with Gasteiger partial charge < -0.3 is 9.73 Å². The molecule has 1 N–H and O–H groups in total. The maximum absolute atomic E-state index is 12.9. The average molecular weight is 326 g/mol. The summed E-state index contributed by atoms with van der Waals surface area (Å²) in [5, 5.41) is 3.24. The Morgan fingerprint density at radius 2 is 2.14 bits per heavy atom. The smallest absolute Gasteiger partial charge is 0.226 e. The quantitative estimate of drug-likeness (QED) is 0.917. The fourth-order valence-corrected chi connectivity index (χ4v) is 2.88. The highest BCUT2D eigenvalue weighted by Gasteiger charge is 2.24. The van der Waals surface area contributed by atoms with Gasteiger partial charge in [0.05, 0.1) is 5.69 Å². The van der Waals surface area contributed by atoms with Crippen LogP contribution in [-0.4, -0.2) is 36.1 Å². The van der Waals surface area contributed by atoms with E-state index in [-0.39, 0.29) is 18.2 Å². The first-order chi connectivity index (χ1) is 10.3. The number of hydrogen-bond donors (Lipinski definition) is 1. The Labute approximate surface area is 136 Å². The molecule has 1 aliphatic rings. The largest absolute Gasteiger partial charge is 0.444 e. The number of rotatable bonds is 5. The molecule has 1 atom stereocenters. The van der Waals surface area contributed by atoms with Gasteiger partial charge in [-0.25, -0.2) is 9.37 Å². The SMILES string of the molecule is CNCC1CCCN1Cc1coc(-c2ccc(F)cc2)n1.Cl. The topological polar surface area (TPSA) is 41.3 Å². The molecular weight excluding hydrogens is 305 g/mol. The van der Waals surface area contributed by atoms with E-state index in [0.717, 1.165) is 30.9 Å². The molecule has 6 heteroatoms. The monoisotopic (exact) mass is 325 g/mol. The third-order valence-electron chi connectivity index (χ3n) is 3.95. The molecule has 3 rings (SSSR count). The summed E-state index contributed by atoms with van der Waals surface area (Å²) in [7, 11) is 1.99. The van der Waals surface area contributed by atoms with Crippen molar-refractivity contribution in [2.24, 2.45) is 0 Å². The lowest BCUT2D eigenvalue weighted by atomic mass is 10.2. The molecule has 0 spiro atoms. The van der Waals surface area contributed by atoms with Crippen LogP contribution in [0.1, 0.15) is 18.5 Å². The summed E-state index contributed by atoms with van der Waals surface area (Å²) in [6, 6.07) is 6.78. The van der Waals surface area contributed by atoms with Crippen LogP contribution in [0.5, 0.6) is 0 Å². The molecule has 4 nitrogen and oxygen atoms in total. The van der Waals surface area contributed by atoms with E-state index in [1.54, 1.807) is 18.4 Å². The van der Waals surface area contributed by atoms with Gasteiger partial charge in [-0.1, -0.05) is 0 Å². The summed E-state index contributed by atoms with van der Waals surface area (Å²) < 4.78 is 18.5. The van der Waals surface area contributed by atoms with Crippen LogP contribution in [0.2, 0.25) is 0 Å². The molecule has 0 amide bonds. The van der Waals surface area contributed by atoms with Crippen molar-refractivity contribution in [3.63, 3.8) is 0 Å². The van der Waals surface area contributed by atoms with Crippen LogP contribution in [-0.2, 0) is 6.54 Å². The Morgan fingerprint density at radius 3 is 2.86 bits per heavy atom. The van der Waals surface area contributed by atoms with E-state index in [4.69, 9.17) is 4.42 Å². The van der Waals surface area contributed by atoms with Gasteiger partial charge in [-0.2, -0.15) is 0 Å². The standard InChI is InChI=1S/C16H20FN3O.ClH/c1-18-9-15-3-2-8-20(15)10-14-11-21-16(19-14)12-4-6-13(17)7-5-12;/h4-7,11,15,18H,2-3,8-10H2,1H3;1H. The molecule has 1 aromatic carbocycles. The van der Waals surface area contributed by atoms with Gasteiger partial charge in [0.2, 0.25) is 5.89 Å². The van der Waals surface area contributed by atoms with E-state index in [0.29, 0.717) is 11.9 Å². The summed E-state index contributed by atoms with van der Waals surface area (Å²) in [5.41, 5.74) is 1.73. The van der Waals surface area contributed by atoms with Crippen molar-refractivity contribution >= 4 is 12.4 Å². The molecule has 1 fully saturated rings. The van der Waals surface area contributed by atoms with Crippen molar-refractivity contribution in [3.8, 4) is 11.5 Å². The Balaban J connectivity index is 0.00000176. The number of nitrogens with zero attached hydrogens (tertiary/aromatic N) is 2. The predicted octanol–water partition coefficient (Wildman–Crippen LogP) is 3.09. The minimum Gasteiger partial charge on any atom is -0.444 e. The molecule has 2 aromatic rings. The second-order valence-electron chi connectivity index (χ2n) is 5.48. The van der Waals surface area contributed by atoms with Gasteiger partial charge in [-0.3, -0.25) is 4.90 Å². The van der Waals surface area contributed by atoms with Gasteiger partial charge in [0, 0.05) is 24.7 Å². The van der Waals surface area contributed by atoms with Gasteiger partial charge in [0.1, 0.15) is 12.1 Å². The van der Waals surface area contributed by atoms with E-state index >= 15 is 0 Å². The predicted molar refractivity (Wildman–Crippen MR) is 86.5 cm³/mol. The van der Waals surface area contributed by atoms with Gasteiger partial charge in [-0.15, -0.1) is 12.4 Å². The first-order valence-corrected chi connectivity index (χ1v) is 7.35. The van der Waals surface area contributed by atoms with E-state index in [1.165, 1.54) is 25.0 Å². The lowest BCUT2D eigenvalue weighted by Gasteiger charge is -2.22. The number of likely N-dealkylation sites (tertiary alicyclic amines) is 1. The molecule has 1 unspecified atom stereocenters. The maximum Gasteiger partial charge on any atom is 0.226 e. The van der Waals surface area contributed by atoms with Crippen molar-refractivity contribution in [1.82, 2.24) is 15.2 Å².